The molecule has 1 aliphatic rings. The van der Waals surface area contributed by atoms with Crippen molar-refractivity contribution in [1.29, 1.82) is 0 Å². The quantitative estimate of drug-likeness (QED) is 0.876. The number of benzene rings is 2. The molecule has 0 amide bonds. The molecule has 5 heteroatoms. The van der Waals surface area contributed by atoms with Gasteiger partial charge in [0.05, 0.1) is 10.0 Å². The lowest BCUT2D eigenvalue weighted by molar-refractivity contribution is 0.242. The van der Waals surface area contributed by atoms with Crippen LogP contribution in [0.5, 0.6) is 5.75 Å². The van der Waals surface area contributed by atoms with E-state index in [9.17, 15) is 0 Å². The Hall–Kier alpha value is -0.930. The van der Waals surface area contributed by atoms with Crippen molar-refractivity contribution in [2.45, 2.75) is 12.5 Å². The summed E-state index contributed by atoms with van der Waals surface area (Å²) in [7, 11) is 0. The first-order chi connectivity index (χ1) is 9.60. The number of hydrogen-bond donors (Lipinski definition) is 1. The molecule has 1 atom stereocenters. The third-order valence-electron chi connectivity index (χ3n) is 3.37. The summed E-state index contributed by atoms with van der Waals surface area (Å²) in [5, 5.41) is 1.53. The van der Waals surface area contributed by atoms with Crippen LogP contribution in [0.15, 0.2) is 30.3 Å². The van der Waals surface area contributed by atoms with Crippen molar-refractivity contribution in [3.8, 4) is 16.9 Å². The molecule has 0 saturated heterocycles. The molecule has 1 heterocycles. The summed E-state index contributed by atoms with van der Waals surface area (Å²) in [5.41, 5.74) is 8.43. The molecule has 2 N–H and O–H groups in total. The average Bonchev–Trinajstić information content (AvgIpc) is 2.81. The fourth-order valence-corrected chi connectivity index (χ4v) is 3.49. The van der Waals surface area contributed by atoms with E-state index in [0.717, 1.165) is 28.9 Å². The highest BCUT2D eigenvalue weighted by atomic mass is 35.5. The van der Waals surface area contributed by atoms with Crippen LogP contribution in [-0.2, 0) is 6.42 Å². The van der Waals surface area contributed by atoms with E-state index in [1.165, 1.54) is 0 Å². The summed E-state index contributed by atoms with van der Waals surface area (Å²) in [6, 6.07) is 9.31. The Balaban J connectivity index is 2.16. The van der Waals surface area contributed by atoms with Gasteiger partial charge in [0.15, 0.2) is 0 Å². The van der Waals surface area contributed by atoms with Gasteiger partial charge in [-0.05, 0) is 17.7 Å². The van der Waals surface area contributed by atoms with Gasteiger partial charge >= 0.3 is 0 Å². The van der Waals surface area contributed by atoms with Crippen LogP contribution in [0.25, 0.3) is 11.1 Å². The molecular weight excluding hydrogens is 317 g/mol. The molecule has 2 nitrogen and oxygen atoms in total. The van der Waals surface area contributed by atoms with Crippen molar-refractivity contribution in [2.24, 2.45) is 5.73 Å². The standard InChI is InChI=1S/C15H12Cl3NO/c16-9-5-12(17)14(13(18)6-9)11-3-1-2-8-4-10(7-19)20-15(8)11/h1-3,5-6,10H,4,7,19H2/t10-/m1/s1. The molecule has 0 spiro atoms. The van der Waals surface area contributed by atoms with E-state index in [0.29, 0.717) is 21.6 Å². The number of halogens is 3. The summed E-state index contributed by atoms with van der Waals surface area (Å²) in [5.74, 6) is 0.814. The number of ether oxygens (including phenoxy) is 1. The predicted octanol–water partition coefficient (Wildman–Crippen LogP) is 4.58. The van der Waals surface area contributed by atoms with Gasteiger partial charge in [-0.1, -0.05) is 53.0 Å². The van der Waals surface area contributed by atoms with Gasteiger partial charge in [0, 0.05) is 29.1 Å². The average molecular weight is 329 g/mol. The van der Waals surface area contributed by atoms with Crippen LogP contribution in [0.3, 0.4) is 0 Å². The van der Waals surface area contributed by atoms with Crippen molar-refractivity contribution >= 4 is 34.8 Å². The number of nitrogens with two attached hydrogens (primary N) is 1. The molecule has 0 radical (unpaired) electrons. The Kier molecular flexibility index (Phi) is 3.83. The third kappa shape index (κ3) is 2.38. The summed E-state index contributed by atoms with van der Waals surface area (Å²) < 4.78 is 5.91. The second-order valence-electron chi connectivity index (χ2n) is 4.72. The zero-order chi connectivity index (χ0) is 14.3. The molecule has 0 saturated carbocycles. The van der Waals surface area contributed by atoms with Gasteiger partial charge in [0.2, 0.25) is 0 Å². The van der Waals surface area contributed by atoms with Gasteiger partial charge in [-0.15, -0.1) is 0 Å². The van der Waals surface area contributed by atoms with E-state index in [2.05, 4.69) is 0 Å². The van der Waals surface area contributed by atoms with Crippen LogP contribution in [0.2, 0.25) is 15.1 Å². The van der Waals surface area contributed by atoms with Crippen LogP contribution in [0.4, 0.5) is 0 Å². The van der Waals surface area contributed by atoms with Crippen molar-refractivity contribution in [2.75, 3.05) is 6.54 Å². The second-order valence-corrected chi connectivity index (χ2v) is 5.97. The van der Waals surface area contributed by atoms with Crippen LogP contribution < -0.4 is 10.5 Å². The fraction of sp³-hybridized carbons (Fsp3) is 0.200. The van der Waals surface area contributed by atoms with Gasteiger partial charge in [-0.3, -0.25) is 0 Å². The lowest BCUT2D eigenvalue weighted by atomic mass is 10.0. The maximum absolute atomic E-state index is 6.29. The number of hydrogen-bond acceptors (Lipinski definition) is 2. The predicted molar refractivity (Wildman–Crippen MR) is 84.1 cm³/mol. The minimum Gasteiger partial charge on any atom is -0.488 e. The Morgan fingerprint density at radius 1 is 1.15 bits per heavy atom. The van der Waals surface area contributed by atoms with Gasteiger partial charge in [-0.2, -0.15) is 0 Å². The minimum atomic E-state index is 0.0102. The van der Waals surface area contributed by atoms with Gasteiger partial charge in [0.1, 0.15) is 11.9 Å². The highest BCUT2D eigenvalue weighted by Gasteiger charge is 2.26. The van der Waals surface area contributed by atoms with Gasteiger partial charge in [0.25, 0.3) is 0 Å². The monoisotopic (exact) mass is 327 g/mol. The van der Waals surface area contributed by atoms with E-state index in [-0.39, 0.29) is 6.10 Å². The number of fused-ring (bicyclic) bond motifs is 1. The maximum atomic E-state index is 6.29. The molecule has 2 aromatic rings. The van der Waals surface area contributed by atoms with Crippen molar-refractivity contribution in [3.63, 3.8) is 0 Å². The summed E-state index contributed by atoms with van der Waals surface area (Å²) in [4.78, 5) is 0. The van der Waals surface area contributed by atoms with Crippen LogP contribution >= 0.6 is 34.8 Å². The number of rotatable bonds is 2. The van der Waals surface area contributed by atoms with Gasteiger partial charge in [-0.25, -0.2) is 0 Å². The van der Waals surface area contributed by atoms with Crippen molar-refractivity contribution < 1.29 is 4.74 Å². The molecule has 0 unspecified atom stereocenters. The third-order valence-corrected chi connectivity index (χ3v) is 4.18. The molecule has 0 aliphatic carbocycles. The zero-order valence-corrected chi connectivity index (χ0v) is 12.8. The minimum absolute atomic E-state index is 0.0102. The SMILES string of the molecule is NC[C@H]1Cc2cccc(-c3c(Cl)cc(Cl)cc3Cl)c2O1. The van der Waals surface area contributed by atoms with E-state index < -0.39 is 0 Å². The van der Waals surface area contributed by atoms with E-state index >= 15 is 0 Å². The Morgan fingerprint density at radius 2 is 1.85 bits per heavy atom. The highest BCUT2D eigenvalue weighted by molar-refractivity contribution is 6.42. The summed E-state index contributed by atoms with van der Waals surface area (Å²) in [6.07, 6.45) is 0.818. The van der Waals surface area contributed by atoms with E-state index in [4.69, 9.17) is 45.3 Å². The van der Waals surface area contributed by atoms with Crippen LogP contribution in [0.1, 0.15) is 5.56 Å². The fourth-order valence-electron chi connectivity index (χ4n) is 2.47. The highest BCUT2D eigenvalue weighted by Crippen LogP contribution is 2.45. The molecule has 0 aromatic heterocycles. The lowest BCUT2D eigenvalue weighted by Gasteiger charge is -2.13. The second kappa shape index (κ2) is 5.45. The molecule has 20 heavy (non-hydrogen) atoms. The van der Waals surface area contributed by atoms with Crippen molar-refractivity contribution in [3.05, 3.63) is 51.0 Å². The summed E-state index contributed by atoms with van der Waals surface area (Å²) in [6.45, 7) is 0.482. The zero-order valence-electron chi connectivity index (χ0n) is 10.5. The Morgan fingerprint density at radius 3 is 2.50 bits per heavy atom. The van der Waals surface area contributed by atoms with E-state index in [1.807, 2.05) is 18.2 Å². The molecule has 0 fully saturated rings. The van der Waals surface area contributed by atoms with Crippen LogP contribution in [-0.4, -0.2) is 12.6 Å². The topological polar surface area (TPSA) is 35.2 Å². The van der Waals surface area contributed by atoms with Crippen LogP contribution in [0, 0.1) is 0 Å². The molecule has 3 rings (SSSR count). The number of para-hydroxylation sites is 1. The Bertz CT molecular complexity index is 649. The first-order valence-corrected chi connectivity index (χ1v) is 7.37. The summed E-state index contributed by atoms with van der Waals surface area (Å²) >= 11 is 18.5. The normalized spacial score (nSPS) is 16.9. The molecule has 104 valence electrons. The lowest BCUT2D eigenvalue weighted by Crippen LogP contribution is -2.24. The largest absolute Gasteiger partial charge is 0.488 e. The molecule has 2 aromatic carbocycles. The van der Waals surface area contributed by atoms with Crippen molar-refractivity contribution in [1.82, 2.24) is 0 Å². The van der Waals surface area contributed by atoms with Gasteiger partial charge < -0.3 is 10.5 Å². The molecule has 0 bridgehead atoms. The maximum Gasteiger partial charge on any atom is 0.131 e. The molecular formula is C15H12Cl3NO. The Labute approximate surface area is 132 Å². The van der Waals surface area contributed by atoms with E-state index in [1.54, 1.807) is 12.1 Å². The first-order valence-electron chi connectivity index (χ1n) is 6.23. The smallest absolute Gasteiger partial charge is 0.131 e. The molecule has 1 aliphatic heterocycles. The first kappa shape index (κ1) is 14.0.